The summed E-state index contributed by atoms with van der Waals surface area (Å²) >= 11 is -1.27. The Morgan fingerprint density at radius 2 is 1.96 bits per heavy atom. The maximum Gasteiger partial charge on any atom is 0.322 e. The number of piperidine rings is 1. The molecule has 7 heteroatoms. The summed E-state index contributed by atoms with van der Waals surface area (Å²) in [4.78, 5) is 18.8. The molecule has 130 valence electrons. The van der Waals surface area contributed by atoms with Gasteiger partial charge in [-0.15, -0.1) is 0 Å². The molecule has 3 aromatic rings. The Hall–Kier alpha value is -2.12. The van der Waals surface area contributed by atoms with E-state index < -0.39 is 11.2 Å². The fourth-order valence-corrected chi connectivity index (χ4v) is 4.38. The number of rotatable bonds is 4. The second kappa shape index (κ2) is 7.01. The predicted molar refractivity (Wildman–Crippen MR) is 99.0 cm³/mol. The van der Waals surface area contributed by atoms with Crippen molar-refractivity contribution in [1.29, 1.82) is 0 Å². The first-order valence-corrected chi connectivity index (χ1v) is 9.93. The number of hydrogen-bond acceptors (Lipinski definition) is 5. The zero-order chi connectivity index (χ0) is 17.2. The third kappa shape index (κ3) is 3.34. The minimum atomic E-state index is -1.27. The van der Waals surface area contributed by atoms with Gasteiger partial charge in [-0.25, -0.2) is 9.97 Å². The summed E-state index contributed by atoms with van der Waals surface area (Å²) in [6.45, 7) is 4.09. The largest absolute Gasteiger partial charge is 0.609 e. The minimum absolute atomic E-state index is 0.342. The average Bonchev–Trinajstić information content (AvgIpc) is 3.08. The third-order valence-corrected chi connectivity index (χ3v) is 5.83. The van der Waals surface area contributed by atoms with Crippen LogP contribution in [0.3, 0.4) is 0 Å². The molecule has 1 unspecified atom stereocenters. The van der Waals surface area contributed by atoms with Gasteiger partial charge in [0.05, 0.1) is 16.7 Å². The number of nitrogens with zero attached hydrogens (tertiary/aromatic N) is 4. The predicted octanol–water partition coefficient (Wildman–Crippen LogP) is 2.96. The Labute approximate surface area is 149 Å². The van der Waals surface area contributed by atoms with Crippen LogP contribution >= 0.6 is 0 Å². The van der Waals surface area contributed by atoms with Gasteiger partial charge in [0.15, 0.2) is 5.75 Å². The van der Waals surface area contributed by atoms with Crippen molar-refractivity contribution in [2.75, 3.05) is 18.0 Å². The molecule has 2 aromatic heterocycles. The van der Waals surface area contributed by atoms with Gasteiger partial charge in [-0.2, -0.15) is 4.98 Å². The number of aromatic nitrogens is 4. The Morgan fingerprint density at radius 3 is 2.76 bits per heavy atom. The van der Waals surface area contributed by atoms with E-state index in [1.165, 1.54) is 19.3 Å². The standard InChI is InChI=1S/C18H21N5OS/c1-13-16(19-12-20-17(13)23-9-5-2-6-10-23)11-25(24)18-21-14-7-3-4-8-15(14)22-18/h3-4,7-8,12H,2,5-6,9-11H2,1H3,(H,21,22). The second-order valence-electron chi connectivity index (χ2n) is 6.37. The van der Waals surface area contributed by atoms with Gasteiger partial charge < -0.3 is 9.45 Å². The van der Waals surface area contributed by atoms with Crippen LogP contribution in [0.1, 0.15) is 30.5 Å². The minimum Gasteiger partial charge on any atom is -0.609 e. The number of para-hydroxylation sites is 2. The highest BCUT2D eigenvalue weighted by Crippen LogP contribution is 2.25. The van der Waals surface area contributed by atoms with Crippen molar-refractivity contribution in [3.05, 3.63) is 41.9 Å². The maximum atomic E-state index is 12.8. The van der Waals surface area contributed by atoms with E-state index in [1.807, 2.05) is 31.2 Å². The van der Waals surface area contributed by atoms with Crippen molar-refractivity contribution < 1.29 is 4.55 Å². The summed E-state index contributed by atoms with van der Waals surface area (Å²) in [5.74, 6) is 1.32. The lowest BCUT2D eigenvalue weighted by atomic mass is 10.1. The molecule has 0 bridgehead atoms. The maximum absolute atomic E-state index is 12.8. The molecule has 1 aliphatic rings. The molecule has 4 rings (SSSR count). The van der Waals surface area contributed by atoms with Gasteiger partial charge in [0, 0.05) is 29.8 Å². The highest BCUT2D eigenvalue weighted by molar-refractivity contribution is 7.90. The first-order valence-electron chi connectivity index (χ1n) is 8.61. The average molecular weight is 355 g/mol. The Kier molecular flexibility index (Phi) is 4.59. The monoisotopic (exact) mass is 355 g/mol. The van der Waals surface area contributed by atoms with Gasteiger partial charge in [-0.05, 0) is 38.3 Å². The van der Waals surface area contributed by atoms with Gasteiger partial charge >= 0.3 is 5.16 Å². The number of H-pyrrole nitrogens is 1. The van der Waals surface area contributed by atoms with Crippen LogP contribution in [0.25, 0.3) is 11.0 Å². The third-order valence-electron chi connectivity index (χ3n) is 4.67. The van der Waals surface area contributed by atoms with Crippen molar-refractivity contribution >= 4 is 28.0 Å². The normalized spacial score (nSPS) is 16.3. The van der Waals surface area contributed by atoms with Gasteiger partial charge in [-0.1, -0.05) is 12.1 Å². The van der Waals surface area contributed by atoms with Crippen LogP contribution in [0.15, 0.2) is 35.7 Å². The Morgan fingerprint density at radius 1 is 1.16 bits per heavy atom. The molecule has 0 radical (unpaired) electrons. The molecule has 25 heavy (non-hydrogen) atoms. The molecule has 1 atom stereocenters. The molecular formula is C18H21N5OS. The quantitative estimate of drug-likeness (QED) is 0.728. The van der Waals surface area contributed by atoms with Crippen molar-refractivity contribution in [2.24, 2.45) is 0 Å². The molecule has 1 N–H and O–H groups in total. The Balaban J connectivity index is 1.57. The van der Waals surface area contributed by atoms with E-state index in [4.69, 9.17) is 0 Å². The Bertz CT molecular complexity index is 842. The highest BCUT2D eigenvalue weighted by atomic mass is 32.2. The van der Waals surface area contributed by atoms with E-state index in [-0.39, 0.29) is 0 Å². The number of benzene rings is 1. The van der Waals surface area contributed by atoms with Gasteiger partial charge in [0.1, 0.15) is 12.1 Å². The first-order chi connectivity index (χ1) is 12.2. The summed E-state index contributed by atoms with van der Waals surface area (Å²) in [5.41, 5.74) is 3.58. The lowest BCUT2D eigenvalue weighted by Gasteiger charge is -2.29. The lowest BCUT2D eigenvalue weighted by Crippen LogP contribution is -2.31. The van der Waals surface area contributed by atoms with Crippen molar-refractivity contribution in [3.63, 3.8) is 0 Å². The van der Waals surface area contributed by atoms with Crippen LogP contribution in [-0.2, 0) is 16.9 Å². The highest BCUT2D eigenvalue weighted by Gasteiger charge is 2.22. The number of imidazole rings is 1. The van der Waals surface area contributed by atoms with Crippen LogP contribution in [0, 0.1) is 6.92 Å². The second-order valence-corrected chi connectivity index (χ2v) is 7.73. The van der Waals surface area contributed by atoms with Crippen LogP contribution in [-0.4, -0.2) is 37.6 Å². The van der Waals surface area contributed by atoms with Gasteiger partial charge in [0.2, 0.25) is 0 Å². The fourth-order valence-electron chi connectivity index (χ4n) is 3.28. The van der Waals surface area contributed by atoms with Crippen LogP contribution in [0.2, 0.25) is 0 Å². The molecule has 1 aromatic carbocycles. The van der Waals surface area contributed by atoms with Crippen LogP contribution in [0.5, 0.6) is 0 Å². The van der Waals surface area contributed by atoms with Gasteiger partial charge in [0.25, 0.3) is 0 Å². The number of anilines is 1. The summed E-state index contributed by atoms with van der Waals surface area (Å²) in [5, 5.41) is 0.499. The van der Waals surface area contributed by atoms with Crippen molar-refractivity contribution in [3.8, 4) is 0 Å². The summed E-state index contributed by atoms with van der Waals surface area (Å²) in [7, 11) is 0. The smallest absolute Gasteiger partial charge is 0.322 e. The van der Waals surface area contributed by atoms with E-state index >= 15 is 0 Å². The fraction of sp³-hybridized carbons (Fsp3) is 0.389. The zero-order valence-electron chi connectivity index (χ0n) is 14.2. The van der Waals surface area contributed by atoms with Gasteiger partial charge in [-0.3, -0.25) is 4.98 Å². The molecule has 0 amide bonds. The van der Waals surface area contributed by atoms with Crippen LogP contribution in [0.4, 0.5) is 5.82 Å². The molecule has 0 saturated carbocycles. The SMILES string of the molecule is Cc1c(C[S+]([O-])c2nc3ccccc3[nH]2)ncnc1N1CCCCC1. The molecular weight excluding hydrogens is 334 g/mol. The summed E-state index contributed by atoms with van der Waals surface area (Å²) < 4.78 is 12.8. The van der Waals surface area contributed by atoms with E-state index in [0.717, 1.165) is 41.2 Å². The zero-order valence-corrected chi connectivity index (χ0v) is 15.1. The van der Waals surface area contributed by atoms with Crippen molar-refractivity contribution in [2.45, 2.75) is 37.1 Å². The van der Waals surface area contributed by atoms with E-state index in [1.54, 1.807) is 6.33 Å². The molecule has 1 aliphatic heterocycles. The molecule has 3 heterocycles. The number of fused-ring (bicyclic) bond motifs is 1. The molecule has 1 fully saturated rings. The summed E-state index contributed by atoms with van der Waals surface area (Å²) in [6, 6.07) is 7.71. The lowest BCUT2D eigenvalue weighted by molar-refractivity contribution is 0.571. The number of aromatic amines is 1. The van der Waals surface area contributed by atoms with E-state index in [9.17, 15) is 4.55 Å². The number of nitrogens with one attached hydrogen (secondary N) is 1. The molecule has 1 saturated heterocycles. The molecule has 0 spiro atoms. The van der Waals surface area contributed by atoms with E-state index in [0.29, 0.717) is 10.9 Å². The number of hydrogen-bond donors (Lipinski definition) is 1. The molecule has 0 aliphatic carbocycles. The van der Waals surface area contributed by atoms with E-state index in [2.05, 4.69) is 24.8 Å². The van der Waals surface area contributed by atoms with Crippen molar-refractivity contribution in [1.82, 2.24) is 19.9 Å². The summed E-state index contributed by atoms with van der Waals surface area (Å²) in [6.07, 6.45) is 5.26. The molecule has 6 nitrogen and oxygen atoms in total. The van der Waals surface area contributed by atoms with Crippen LogP contribution < -0.4 is 4.90 Å². The first kappa shape index (κ1) is 16.4. The topological polar surface area (TPSA) is 80.8 Å².